The summed E-state index contributed by atoms with van der Waals surface area (Å²) in [6.45, 7) is 5.65. The molecule has 0 saturated heterocycles. The Morgan fingerprint density at radius 3 is 2.67 bits per heavy atom. The molecule has 2 heterocycles. The van der Waals surface area contributed by atoms with Crippen molar-refractivity contribution in [3.05, 3.63) is 58.4 Å². The van der Waals surface area contributed by atoms with E-state index >= 15 is 0 Å². The van der Waals surface area contributed by atoms with Crippen LogP contribution >= 0.6 is 11.3 Å². The van der Waals surface area contributed by atoms with Gasteiger partial charge in [0.05, 0.1) is 22.9 Å². The molecule has 2 aromatic heterocycles. The van der Waals surface area contributed by atoms with Crippen molar-refractivity contribution in [2.45, 2.75) is 32.7 Å². The summed E-state index contributed by atoms with van der Waals surface area (Å²) in [6, 6.07) is 9.87. The summed E-state index contributed by atoms with van der Waals surface area (Å²) in [5.41, 5.74) is 2.92. The molecule has 0 atom stereocenters. The van der Waals surface area contributed by atoms with Crippen LogP contribution in [0.25, 0.3) is 11.5 Å². The SMILES string of the molecule is CN=C(NCCc1csc(C(C)C)n1)NCc1coc(-c2ccccc2)n1. The molecular weight excluding hydrogens is 358 g/mol. The van der Waals surface area contributed by atoms with Crippen molar-refractivity contribution in [3.63, 3.8) is 0 Å². The van der Waals surface area contributed by atoms with Gasteiger partial charge in [-0.3, -0.25) is 4.99 Å². The third-order valence-electron chi connectivity index (χ3n) is 3.97. The predicted molar refractivity (Wildman–Crippen MR) is 110 cm³/mol. The van der Waals surface area contributed by atoms with Gasteiger partial charge >= 0.3 is 0 Å². The first kappa shape index (κ1) is 19.1. The van der Waals surface area contributed by atoms with Crippen LogP contribution in [0.15, 0.2) is 51.4 Å². The van der Waals surface area contributed by atoms with Gasteiger partial charge in [-0.05, 0) is 12.1 Å². The normalized spacial score (nSPS) is 11.8. The number of hydrogen-bond donors (Lipinski definition) is 2. The number of aromatic nitrogens is 2. The van der Waals surface area contributed by atoms with E-state index in [4.69, 9.17) is 4.42 Å². The minimum absolute atomic E-state index is 0.481. The quantitative estimate of drug-likeness (QED) is 0.479. The fourth-order valence-electron chi connectivity index (χ4n) is 2.51. The van der Waals surface area contributed by atoms with Gasteiger partial charge in [-0.15, -0.1) is 11.3 Å². The van der Waals surface area contributed by atoms with Crippen molar-refractivity contribution in [2.75, 3.05) is 13.6 Å². The maximum absolute atomic E-state index is 5.56. The number of nitrogens with zero attached hydrogens (tertiary/aromatic N) is 3. The van der Waals surface area contributed by atoms with Crippen molar-refractivity contribution in [1.82, 2.24) is 20.6 Å². The lowest BCUT2D eigenvalue weighted by Crippen LogP contribution is -2.37. The zero-order valence-electron chi connectivity index (χ0n) is 15.9. The second-order valence-electron chi connectivity index (χ2n) is 6.44. The van der Waals surface area contributed by atoms with Crippen LogP contribution < -0.4 is 10.6 Å². The standard InChI is InChI=1S/C20H25N5OS/c1-14(2)19-25-16(13-27-19)9-10-22-20(21-3)23-11-17-12-26-18(24-17)15-7-5-4-6-8-15/h4-8,12-14H,9-11H2,1-3H3,(H2,21,22,23). The Kier molecular flexibility index (Phi) is 6.59. The minimum atomic E-state index is 0.481. The van der Waals surface area contributed by atoms with Gasteiger partial charge in [0.15, 0.2) is 5.96 Å². The zero-order valence-corrected chi connectivity index (χ0v) is 16.7. The van der Waals surface area contributed by atoms with Crippen molar-refractivity contribution in [1.29, 1.82) is 0 Å². The molecule has 0 aliphatic rings. The van der Waals surface area contributed by atoms with Crippen LogP contribution in [0, 0.1) is 0 Å². The van der Waals surface area contributed by atoms with Crippen LogP contribution in [0.2, 0.25) is 0 Å². The number of oxazole rings is 1. The molecule has 2 N–H and O–H groups in total. The fourth-order valence-corrected chi connectivity index (χ4v) is 3.38. The van der Waals surface area contributed by atoms with Crippen molar-refractivity contribution >= 4 is 17.3 Å². The van der Waals surface area contributed by atoms with Crippen LogP contribution in [-0.4, -0.2) is 29.5 Å². The summed E-state index contributed by atoms with van der Waals surface area (Å²) in [5, 5.41) is 9.89. The Bertz CT molecular complexity index is 869. The molecule has 0 spiro atoms. The fraction of sp³-hybridized carbons (Fsp3) is 0.350. The summed E-state index contributed by atoms with van der Waals surface area (Å²) < 4.78 is 5.56. The van der Waals surface area contributed by atoms with Crippen LogP contribution in [0.5, 0.6) is 0 Å². The first-order valence-electron chi connectivity index (χ1n) is 9.04. The van der Waals surface area contributed by atoms with Crippen LogP contribution in [0.3, 0.4) is 0 Å². The van der Waals surface area contributed by atoms with E-state index in [-0.39, 0.29) is 0 Å². The molecule has 3 rings (SSSR count). The van der Waals surface area contributed by atoms with Gasteiger partial charge in [0, 0.05) is 36.9 Å². The molecule has 27 heavy (non-hydrogen) atoms. The number of aliphatic imine (C=N–C) groups is 1. The smallest absolute Gasteiger partial charge is 0.226 e. The highest BCUT2D eigenvalue weighted by Crippen LogP contribution is 2.19. The molecule has 1 aromatic carbocycles. The van der Waals surface area contributed by atoms with Crippen molar-refractivity contribution in [3.8, 4) is 11.5 Å². The van der Waals surface area contributed by atoms with Gasteiger partial charge in [0.25, 0.3) is 0 Å². The monoisotopic (exact) mass is 383 g/mol. The predicted octanol–water partition coefficient (Wildman–Crippen LogP) is 3.83. The molecule has 0 saturated carbocycles. The summed E-state index contributed by atoms with van der Waals surface area (Å²) in [4.78, 5) is 13.4. The van der Waals surface area contributed by atoms with Gasteiger partial charge in [-0.2, -0.15) is 0 Å². The molecule has 0 unspecified atom stereocenters. The molecule has 6 nitrogen and oxygen atoms in total. The highest BCUT2D eigenvalue weighted by molar-refractivity contribution is 7.09. The number of rotatable bonds is 7. The van der Waals surface area contributed by atoms with E-state index in [2.05, 4.69) is 44.8 Å². The Labute approximate surface area is 163 Å². The average molecular weight is 384 g/mol. The van der Waals surface area contributed by atoms with E-state index in [0.717, 1.165) is 35.9 Å². The summed E-state index contributed by atoms with van der Waals surface area (Å²) in [7, 11) is 1.76. The number of hydrogen-bond acceptors (Lipinski definition) is 5. The highest BCUT2D eigenvalue weighted by atomic mass is 32.1. The second-order valence-corrected chi connectivity index (χ2v) is 7.33. The first-order valence-corrected chi connectivity index (χ1v) is 9.92. The molecule has 0 bridgehead atoms. The molecule has 0 radical (unpaired) electrons. The number of benzene rings is 1. The van der Waals surface area contributed by atoms with Crippen molar-refractivity contribution in [2.24, 2.45) is 4.99 Å². The Balaban J connectivity index is 1.46. The average Bonchev–Trinajstić information content (AvgIpc) is 3.35. The first-order chi connectivity index (χ1) is 13.2. The molecule has 0 aliphatic carbocycles. The molecule has 0 amide bonds. The van der Waals surface area contributed by atoms with Crippen LogP contribution in [0.1, 0.15) is 36.2 Å². The topological polar surface area (TPSA) is 75.3 Å². The number of thiazole rings is 1. The van der Waals surface area contributed by atoms with Gasteiger partial charge in [-0.25, -0.2) is 9.97 Å². The van der Waals surface area contributed by atoms with E-state index in [1.54, 1.807) is 24.6 Å². The highest BCUT2D eigenvalue weighted by Gasteiger charge is 2.08. The summed E-state index contributed by atoms with van der Waals surface area (Å²) in [5.74, 6) is 1.84. The Morgan fingerprint density at radius 1 is 1.15 bits per heavy atom. The molecular formula is C20H25N5OS. The molecule has 7 heteroatoms. The van der Waals surface area contributed by atoms with Crippen molar-refractivity contribution < 1.29 is 4.42 Å². The Hall–Kier alpha value is -2.67. The van der Waals surface area contributed by atoms with Gasteiger partial charge in [0.2, 0.25) is 5.89 Å². The second kappa shape index (κ2) is 9.32. The lowest BCUT2D eigenvalue weighted by molar-refractivity contribution is 0.572. The third-order valence-corrected chi connectivity index (χ3v) is 5.16. The number of nitrogens with one attached hydrogen (secondary N) is 2. The number of guanidine groups is 1. The Morgan fingerprint density at radius 2 is 1.96 bits per heavy atom. The van der Waals surface area contributed by atoms with Gasteiger partial charge in [0.1, 0.15) is 6.26 Å². The maximum atomic E-state index is 5.56. The third kappa shape index (κ3) is 5.40. The summed E-state index contributed by atoms with van der Waals surface area (Å²) >= 11 is 1.73. The molecule has 0 aliphatic heterocycles. The van der Waals surface area contributed by atoms with E-state index < -0.39 is 0 Å². The van der Waals surface area contributed by atoms with E-state index in [0.29, 0.717) is 18.4 Å². The summed E-state index contributed by atoms with van der Waals surface area (Å²) in [6.07, 6.45) is 2.54. The van der Waals surface area contributed by atoms with E-state index in [1.165, 1.54) is 5.01 Å². The lowest BCUT2D eigenvalue weighted by Gasteiger charge is -2.10. The maximum Gasteiger partial charge on any atom is 0.226 e. The van der Waals surface area contributed by atoms with E-state index in [9.17, 15) is 0 Å². The van der Waals surface area contributed by atoms with E-state index in [1.807, 2.05) is 30.3 Å². The van der Waals surface area contributed by atoms with Gasteiger partial charge < -0.3 is 15.1 Å². The van der Waals surface area contributed by atoms with Crippen LogP contribution in [0.4, 0.5) is 0 Å². The van der Waals surface area contributed by atoms with Crippen LogP contribution in [-0.2, 0) is 13.0 Å². The lowest BCUT2D eigenvalue weighted by atomic mass is 10.2. The largest absolute Gasteiger partial charge is 0.444 e. The minimum Gasteiger partial charge on any atom is -0.444 e. The molecule has 0 fully saturated rings. The molecule has 142 valence electrons. The van der Waals surface area contributed by atoms with Gasteiger partial charge in [-0.1, -0.05) is 32.0 Å². The molecule has 3 aromatic rings. The zero-order chi connectivity index (χ0) is 19.1.